The van der Waals surface area contributed by atoms with Crippen molar-refractivity contribution in [1.29, 1.82) is 0 Å². The predicted octanol–water partition coefficient (Wildman–Crippen LogP) is 1.70. The van der Waals surface area contributed by atoms with Crippen LogP contribution in [0, 0.1) is 6.92 Å². The van der Waals surface area contributed by atoms with E-state index in [2.05, 4.69) is 4.98 Å². The number of halogens is 2. The van der Waals surface area contributed by atoms with Gasteiger partial charge >= 0.3 is 0 Å². The maximum atomic E-state index is 13.6. The van der Waals surface area contributed by atoms with Gasteiger partial charge in [0.25, 0.3) is 11.8 Å². The van der Waals surface area contributed by atoms with E-state index in [1.807, 2.05) is 13.0 Å². The molecular formula is C17H23F2N3O2. The first-order valence-corrected chi connectivity index (χ1v) is 8.36. The molecule has 5 nitrogen and oxygen atoms in total. The van der Waals surface area contributed by atoms with Crippen LogP contribution in [0.25, 0.3) is 0 Å². The molecule has 7 heteroatoms. The lowest BCUT2D eigenvalue weighted by Gasteiger charge is -2.38. The third-order valence-corrected chi connectivity index (χ3v) is 4.98. The minimum absolute atomic E-state index is 0.00875. The maximum Gasteiger partial charge on any atom is 0.272 e. The molecule has 0 aromatic carbocycles. The highest BCUT2D eigenvalue weighted by Gasteiger charge is 2.47. The third-order valence-electron chi connectivity index (χ3n) is 4.98. The number of aromatic nitrogens is 1. The van der Waals surface area contributed by atoms with Gasteiger partial charge < -0.3 is 10.0 Å². The van der Waals surface area contributed by atoms with E-state index in [9.17, 15) is 18.7 Å². The molecule has 2 fully saturated rings. The zero-order valence-corrected chi connectivity index (χ0v) is 13.8. The molecule has 0 unspecified atom stereocenters. The number of alkyl halides is 2. The smallest absolute Gasteiger partial charge is 0.272 e. The molecule has 1 N–H and O–H groups in total. The van der Waals surface area contributed by atoms with Crippen LogP contribution in [-0.4, -0.2) is 70.0 Å². The van der Waals surface area contributed by atoms with Gasteiger partial charge in [0.15, 0.2) is 0 Å². The van der Waals surface area contributed by atoms with Crippen LogP contribution in [0.4, 0.5) is 8.78 Å². The molecule has 1 aromatic heterocycles. The molecule has 1 atom stereocenters. The van der Waals surface area contributed by atoms with Crippen LogP contribution in [-0.2, 0) is 0 Å². The van der Waals surface area contributed by atoms with Crippen molar-refractivity contribution in [2.24, 2.45) is 0 Å². The topological polar surface area (TPSA) is 56.7 Å². The molecule has 2 aliphatic rings. The number of likely N-dealkylation sites (tertiary alicyclic amines) is 2. The average Bonchev–Trinajstić information content (AvgIpc) is 2.90. The summed E-state index contributed by atoms with van der Waals surface area (Å²) in [4.78, 5) is 20.1. The number of carbonyl (C=O) groups is 1. The van der Waals surface area contributed by atoms with Crippen LogP contribution >= 0.6 is 0 Å². The van der Waals surface area contributed by atoms with E-state index >= 15 is 0 Å². The highest BCUT2D eigenvalue weighted by atomic mass is 19.3. The van der Waals surface area contributed by atoms with Crippen LogP contribution in [0.15, 0.2) is 18.3 Å². The van der Waals surface area contributed by atoms with Gasteiger partial charge in [-0.1, -0.05) is 6.07 Å². The normalized spacial score (nSPS) is 25.2. The number of piperidine rings is 1. The molecule has 3 heterocycles. The molecule has 0 bridgehead atoms. The Hall–Kier alpha value is -1.60. The lowest BCUT2D eigenvalue weighted by atomic mass is 10.0. The maximum absolute atomic E-state index is 13.6. The van der Waals surface area contributed by atoms with Crippen molar-refractivity contribution < 1.29 is 18.7 Å². The van der Waals surface area contributed by atoms with Crippen LogP contribution in [0.2, 0.25) is 0 Å². The summed E-state index contributed by atoms with van der Waals surface area (Å²) in [7, 11) is 0. The van der Waals surface area contributed by atoms with Crippen molar-refractivity contribution in [3.05, 3.63) is 29.6 Å². The van der Waals surface area contributed by atoms with Crippen LogP contribution in [0.3, 0.4) is 0 Å². The van der Waals surface area contributed by atoms with E-state index < -0.39 is 12.0 Å². The first kappa shape index (κ1) is 17.2. The summed E-state index contributed by atoms with van der Waals surface area (Å²) in [6, 6.07) is 3.08. The number of aryl methyl sites for hydroxylation is 1. The van der Waals surface area contributed by atoms with Crippen LogP contribution in [0.1, 0.15) is 35.3 Å². The fraction of sp³-hybridized carbons (Fsp3) is 0.647. The number of carbonyl (C=O) groups excluding carboxylic acids is 1. The molecule has 3 rings (SSSR count). The van der Waals surface area contributed by atoms with Crippen LogP contribution in [0.5, 0.6) is 0 Å². The van der Waals surface area contributed by atoms with Gasteiger partial charge in [-0.3, -0.25) is 14.7 Å². The van der Waals surface area contributed by atoms with E-state index in [4.69, 9.17) is 0 Å². The highest BCUT2D eigenvalue weighted by molar-refractivity contribution is 5.92. The third kappa shape index (κ3) is 3.57. The monoisotopic (exact) mass is 339 g/mol. The van der Waals surface area contributed by atoms with E-state index in [1.165, 1.54) is 0 Å². The molecule has 0 radical (unpaired) electrons. The van der Waals surface area contributed by atoms with Gasteiger partial charge in [-0.05, 0) is 31.4 Å². The molecule has 1 aromatic rings. The Balaban J connectivity index is 1.59. The summed E-state index contributed by atoms with van der Waals surface area (Å²) >= 11 is 0. The molecule has 132 valence electrons. The Morgan fingerprint density at radius 2 is 2.08 bits per heavy atom. The van der Waals surface area contributed by atoms with Crippen molar-refractivity contribution in [1.82, 2.24) is 14.8 Å². The summed E-state index contributed by atoms with van der Waals surface area (Å²) in [6.07, 6.45) is 2.67. The first-order valence-electron chi connectivity index (χ1n) is 8.36. The van der Waals surface area contributed by atoms with Crippen molar-refractivity contribution in [2.75, 3.05) is 26.2 Å². The molecule has 0 saturated carbocycles. The van der Waals surface area contributed by atoms with Gasteiger partial charge in [0.1, 0.15) is 5.69 Å². The van der Waals surface area contributed by atoms with Gasteiger partial charge in [0, 0.05) is 37.8 Å². The predicted molar refractivity (Wildman–Crippen MR) is 85.0 cm³/mol. The Labute approximate surface area is 140 Å². The van der Waals surface area contributed by atoms with Crippen molar-refractivity contribution in [3.63, 3.8) is 0 Å². The summed E-state index contributed by atoms with van der Waals surface area (Å²) in [5, 5.41) is 9.36. The largest absolute Gasteiger partial charge is 0.395 e. The van der Waals surface area contributed by atoms with Gasteiger partial charge in [0.2, 0.25) is 0 Å². The zero-order chi connectivity index (χ0) is 17.3. The fourth-order valence-electron chi connectivity index (χ4n) is 3.68. The summed E-state index contributed by atoms with van der Waals surface area (Å²) in [5.74, 6) is -2.84. The Morgan fingerprint density at radius 1 is 1.38 bits per heavy atom. The Morgan fingerprint density at radius 3 is 2.67 bits per heavy atom. The van der Waals surface area contributed by atoms with Gasteiger partial charge in [-0.2, -0.15) is 0 Å². The number of nitrogens with zero attached hydrogens (tertiary/aromatic N) is 3. The molecule has 2 saturated heterocycles. The van der Waals surface area contributed by atoms with Gasteiger partial charge in [-0.25, -0.2) is 8.78 Å². The number of hydrogen-bond acceptors (Lipinski definition) is 4. The lowest BCUT2D eigenvalue weighted by Crippen LogP contribution is -2.49. The van der Waals surface area contributed by atoms with Gasteiger partial charge in [-0.15, -0.1) is 0 Å². The van der Waals surface area contributed by atoms with E-state index in [0.717, 1.165) is 5.56 Å². The summed E-state index contributed by atoms with van der Waals surface area (Å²) in [6.45, 7) is 2.42. The number of pyridine rings is 1. The lowest BCUT2D eigenvalue weighted by molar-refractivity contribution is 0.00294. The standard InChI is InChI=1S/C17H23F2N3O2/c1-12-2-3-15(20-9-12)16(24)21-6-4-13(5-7-21)22-11-17(18,19)8-14(22)10-23/h2-3,9,13-14,23H,4-8,10-11H2,1H3/t14-/m0/s1. The van der Waals surface area contributed by atoms with Gasteiger partial charge in [0.05, 0.1) is 13.2 Å². The molecule has 1 amide bonds. The van der Waals surface area contributed by atoms with Crippen molar-refractivity contribution in [3.8, 4) is 0 Å². The number of aliphatic hydroxyl groups excluding tert-OH is 1. The first-order chi connectivity index (χ1) is 11.4. The van der Waals surface area contributed by atoms with Crippen molar-refractivity contribution >= 4 is 5.91 Å². The summed E-state index contributed by atoms with van der Waals surface area (Å²) < 4.78 is 27.2. The molecule has 2 aliphatic heterocycles. The fourth-order valence-corrected chi connectivity index (χ4v) is 3.68. The molecule has 0 aliphatic carbocycles. The second kappa shape index (κ2) is 6.72. The second-order valence-electron chi connectivity index (χ2n) is 6.81. The van der Waals surface area contributed by atoms with Crippen LogP contribution < -0.4 is 0 Å². The number of amides is 1. The Bertz CT molecular complexity index is 586. The number of aliphatic hydroxyl groups is 1. The van der Waals surface area contributed by atoms with Crippen molar-refractivity contribution in [2.45, 2.75) is 44.2 Å². The van der Waals surface area contributed by atoms with E-state index in [0.29, 0.717) is 31.6 Å². The second-order valence-corrected chi connectivity index (χ2v) is 6.81. The minimum Gasteiger partial charge on any atom is -0.395 e. The molecule has 24 heavy (non-hydrogen) atoms. The minimum atomic E-state index is -2.73. The zero-order valence-electron chi connectivity index (χ0n) is 13.8. The number of rotatable bonds is 3. The molecule has 0 spiro atoms. The van der Waals surface area contributed by atoms with E-state index in [-0.39, 0.29) is 31.5 Å². The average molecular weight is 339 g/mol. The number of hydrogen-bond donors (Lipinski definition) is 1. The quantitative estimate of drug-likeness (QED) is 0.911. The molecular weight excluding hydrogens is 316 g/mol. The Kier molecular flexibility index (Phi) is 4.83. The summed E-state index contributed by atoms with van der Waals surface area (Å²) in [5.41, 5.74) is 1.41. The highest BCUT2D eigenvalue weighted by Crippen LogP contribution is 2.35. The van der Waals surface area contributed by atoms with E-state index in [1.54, 1.807) is 22.1 Å². The SMILES string of the molecule is Cc1ccc(C(=O)N2CCC(N3CC(F)(F)C[C@H]3CO)CC2)nc1.